The number of hydrogen-bond donors (Lipinski definition) is 3. The molecule has 1 aromatic carbocycles. The quantitative estimate of drug-likeness (QED) is 0.742. The van der Waals surface area contributed by atoms with Crippen molar-refractivity contribution in [1.29, 1.82) is 0 Å². The Morgan fingerprint density at radius 3 is 2.67 bits per heavy atom. The van der Waals surface area contributed by atoms with E-state index in [9.17, 15) is 9.59 Å². The molecule has 2 N–H and O–H groups in total. The van der Waals surface area contributed by atoms with Crippen LogP contribution in [0.2, 0.25) is 5.02 Å². The predicted octanol–water partition coefficient (Wildman–Crippen LogP) is 2.02. The molecule has 2 amide bonds. The van der Waals surface area contributed by atoms with E-state index in [1.54, 1.807) is 12.1 Å². The van der Waals surface area contributed by atoms with Crippen LogP contribution >= 0.6 is 24.2 Å². The van der Waals surface area contributed by atoms with E-state index in [-0.39, 0.29) is 17.6 Å². The summed E-state index contributed by atoms with van der Waals surface area (Å²) in [5, 5.41) is 5.68. The summed E-state index contributed by atoms with van der Waals surface area (Å²) < 4.78 is 0. The normalized spacial score (nSPS) is 11.8. The van der Waals surface area contributed by atoms with Gasteiger partial charge in [-0.2, -0.15) is 12.6 Å². The second-order valence-electron chi connectivity index (χ2n) is 3.86. The van der Waals surface area contributed by atoms with Gasteiger partial charge in [0.2, 0.25) is 11.8 Å². The van der Waals surface area contributed by atoms with E-state index in [0.717, 1.165) is 5.56 Å². The molecule has 0 aliphatic carbocycles. The summed E-state index contributed by atoms with van der Waals surface area (Å²) in [5.41, 5.74) is 1.40. The Morgan fingerprint density at radius 1 is 1.44 bits per heavy atom. The maximum absolute atomic E-state index is 11.9. The first-order chi connectivity index (χ1) is 8.45. The first-order valence-electron chi connectivity index (χ1n) is 5.39. The third kappa shape index (κ3) is 3.92. The summed E-state index contributed by atoms with van der Waals surface area (Å²) in [5.74, 6) is -0.401. The molecular weight excluding hydrogens is 272 g/mol. The van der Waals surface area contributed by atoms with E-state index in [1.807, 2.05) is 13.0 Å². The van der Waals surface area contributed by atoms with E-state index in [2.05, 4.69) is 23.3 Å². The number of amides is 2. The highest BCUT2D eigenvalue weighted by Gasteiger charge is 2.18. The Bertz CT molecular complexity index is 465. The largest absolute Gasteiger partial charge is 0.344 e. The molecule has 98 valence electrons. The zero-order chi connectivity index (χ0) is 13.7. The first kappa shape index (κ1) is 14.9. The predicted molar refractivity (Wildman–Crippen MR) is 76.3 cm³/mol. The number of carbonyl (C=O) groups is 2. The second kappa shape index (κ2) is 6.66. The van der Waals surface area contributed by atoms with Gasteiger partial charge >= 0.3 is 0 Å². The number of carbonyl (C=O) groups excluding carboxylic acids is 2. The van der Waals surface area contributed by atoms with Crippen LogP contribution in [0.5, 0.6) is 0 Å². The second-order valence-corrected chi connectivity index (χ2v) is 4.60. The molecule has 4 nitrogen and oxygen atoms in total. The Kier molecular flexibility index (Phi) is 5.50. The molecule has 0 radical (unpaired) electrons. The number of benzene rings is 1. The van der Waals surface area contributed by atoms with Gasteiger partial charge in [0.25, 0.3) is 0 Å². The number of thiol groups is 1. The number of nitrogens with one attached hydrogen (secondary N) is 2. The van der Waals surface area contributed by atoms with Gasteiger partial charge in [-0.05, 0) is 18.6 Å². The number of anilines is 1. The number of rotatable bonds is 4. The van der Waals surface area contributed by atoms with Crippen molar-refractivity contribution in [3.05, 3.63) is 28.8 Å². The van der Waals surface area contributed by atoms with Crippen LogP contribution in [-0.2, 0) is 9.59 Å². The van der Waals surface area contributed by atoms with Gasteiger partial charge in [-0.15, -0.1) is 0 Å². The fraction of sp³-hybridized carbons (Fsp3) is 0.333. The molecule has 1 unspecified atom stereocenters. The van der Waals surface area contributed by atoms with Gasteiger partial charge in [0, 0.05) is 12.7 Å². The van der Waals surface area contributed by atoms with Crippen molar-refractivity contribution in [1.82, 2.24) is 5.32 Å². The molecule has 1 rings (SSSR count). The molecule has 0 aromatic heterocycles. The van der Waals surface area contributed by atoms with E-state index in [1.165, 1.54) is 6.92 Å². The Labute approximate surface area is 117 Å². The maximum atomic E-state index is 11.9. The number of hydrogen-bond acceptors (Lipinski definition) is 3. The zero-order valence-electron chi connectivity index (χ0n) is 10.2. The van der Waals surface area contributed by atoms with Crippen LogP contribution in [0, 0.1) is 6.92 Å². The minimum absolute atomic E-state index is 0.217. The molecule has 0 saturated carbocycles. The highest BCUT2D eigenvalue weighted by molar-refractivity contribution is 7.80. The molecule has 0 aliphatic heterocycles. The lowest BCUT2D eigenvalue weighted by Gasteiger charge is -2.16. The zero-order valence-corrected chi connectivity index (χ0v) is 11.8. The van der Waals surface area contributed by atoms with Gasteiger partial charge in [-0.1, -0.05) is 23.7 Å². The lowest BCUT2D eigenvalue weighted by atomic mass is 10.2. The third-order valence-corrected chi connectivity index (χ3v) is 3.19. The highest BCUT2D eigenvalue weighted by Crippen LogP contribution is 2.25. The van der Waals surface area contributed by atoms with Gasteiger partial charge in [0.05, 0.1) is 10.7 Å². The fourth-order valence-electron chi connectivity index (χ4n) is 1.40. The van der Waals surface area contributed by atoms with Crippen molar-refractivity contribution in [3.63, 3.8) is 0 Å². The molecule has 0 saturated heterocycles. The standard InChI is InChI=1S/C12H15ClN2O2S/c1-7-4-3-5-9(11(7)13)15-12(17)10(6-18)14-8(2)16/h3-5,10,18H,6H2,1-2H3,(H,14,16)(H,15,17). The summed E-state index contributed by atoms with van der Waals surface area (Å²) in [6.07, 6.45) is 0. The van der Waals surface area contributed by atoms with E-state index < -0.39 is 6.04 Å². The maximum Gasteiger partial charge on any atom is 0.247 e. The van der Waals surface area contributed by atoms with Gasteiger partial charge < -0.3 is 10.6 Å². The smallest absolute Gasteiger partial charge is 0.247 e. The molecule has 18 heavy (non-hydrogen) atoms. The molecule has 0 heterocycles. The molecule has 1 aromatic rings. The van der Waals surface area contributed by atoms with Gasteiger partial charge in [-0.25, -0.2) is 0 Å². The van der Waals surface area contributed by atoms with Crippen molar-refractivity contribution in [2.75, 3.05) is 11.1 Å². The molecule has 0 fully saturated rings. The average molecular weight is 287 g/mol. The van der Waals surface area contributed by atoms with E-state index in [4.69, 9.17) is 11.6 Å². The van der Waals surface area contributed by atoms with E-state index >= 15 is 0 Å². The van der Waals surface area contributed by atoms with Gasteiger partial charge in [0.1, 0.15) is 6.04 Å². The van der Waals surface area contributed by atoms with Crippen molar-refractivity contribution in [3.8, 4) is 0 Å². The van der Waals surface area contributed by atoms with Crippen molar-refractivity contribution in [2.24, 2.45) is 0 Å². The minimum atomic E-state index is -0.678. The van der Waals surface area contributed by atoms with Crippen LogP contribution < -0.4 is 10.6 Å². The van der Waals surface area contributed by atoms with Crippen LogP contribution in [0.3, 0.4) is 0 Å². The highest BCUT2D eigenvalue weighted by atomic mass is 35.5. The fourth-order valence-corrected chi connectivity index (χ4v) is 1.83. The van der Waals surface area contributed by atoms with Crippen LogP contribution in [0.15, 0.2) is 18.2 Å². The summed E-state index contributed by atoms with van der Waals surface area (Å²) in [4.78, 5) is 22.8. The van der Waals surface area contributed by atoms with Crippen LogP contribution in [-0.4, -0.2) is 23.6 Å². The Morgan fingerprint density at radius 2 is 2.11 bits per heavy atom. The lowest BCUT2D eigenvalue weighted by molar-refractivity contribution is -0.124. The Hall–Kier alpha value is -1.20. The number of aryl methyl sites for hydroxylation is 1. The third-order valence-electron chi connectivity index (χ3n) is 2.33. The monoisotopic (exact) mass is 286 g/mol. The minimum Gasteiger partial charge on any atom is -0.344 e. The molecule has 6 heteroatoms. The molecular formula is C12H15ClN2O2S. The van der Waals surface area contributed by atoms with Gasteiger partial charge in [-0.3, -0.25) is 9.59 Å². The lowest BCUT2D eigenvalue weighted by Crippen LogP contribution is -2.44. The molecule has 1 atom stereocenters. The van der Waals surface area contributed by atoms with Crippen LogP contribution in [0.1, 0.15) is 12.5 Å². The topological polar surface area (TPSA) is 58.2 Å². The molecule has 0 aliphatic rings. The SMILES string of the molecule is CC(=O)NC(CS)C(=O)Nc1cccc(C)c1Cl. The summed E-state index contributed by atoms with van der Waals surface area (Å²) in [6, 6.07) is 4.67. The summed E-state index contributed by atoms with van der Waals surface area (Å²) >= 11 is 10.1. The molecule has 0 spiro atoms. The number of halogens is 1. The van der Waals surface area contributed by atoms with Crippen molar-refractivity contribution in [2.45, 2.75) is 19.9 Å². The van der Waals surface area contributed by atoms with E-state index in [0.29, 0.717) is 10.7 Å². The Balaban J connectivity index is 2.80. The summed E-state index contributed by atoms with van der Waals surface area (Å²) in [6.45, 7) is 3.20. The van der Waals surface area contributed by atoms with Gasteiger partial charge in [0.15, 0.2) is 0 Å². The van der Waals surface area contributed by atoms with Crippen LogP contribution in [0.4, 0.5) is 5.69 Å². The summed E-state index contributed by atoms with van der Waals surface area (Å²) in [7, 11) is 0. The molecule has 0 bridgehead atoms. The van der Waals surface area contributed by atoms with Crippen molar-refractivity contribution >= 4 is 41.7 Å². The van der Waals surface area contributed by atoms with Crippen molar-refractivity contribution < 1.29 is 9.59 Å². The van der Waals surface area contributed by atoms with Crippen LogP contribution in [0.25, 0.3) is 0 Å². The first-order valence-corrected chi connectivity index (χ1v) is 6.40. The average Bonchev–Trinajstić information content (AvgIpc) is 2.31.